The molecule has 0 bridgehead atoms. The zero-order chi connectivity index (χ0) is 11.0. The van der Waals surface area contributed by atoms with Gasteiger partial charge in [-0.1, -0.05) is 6.07 Å². The monoisotopic (exact) mass is 204 g/mol. The maximum atomic E-state index is 10.1. The fraction of sp³-hybridized carbons (Fsp3) is 0.333. The molecule has 0 amide bonds. The Morgan fingerprint density at radius 1 is 1.47 bits per heavy atom. The first-order chi connectivity index (χ1) is 7.09. The minimum absolute atomic E-state index is 0.0626. The first kappa shape index (κ1) is 10.1. The first-order valence-corrected chi connectivity index (χ1v) is 5.13. The molecular weight excluding hydrogens is 188 g/mol. The Hall–Kier alpha value is -1.48. The summed E-state index contributed by atoms with van der Waals surface area (Å²) in [6.07, 6.45) is 2.60. The van der Waals surface area contributed by atoms with E-state index in [1.807, 2.05) is 32.2 Å². The second kappa shape index (κ2) is 3.59. The summed E-state index contributed by atoms with van der Waals surface area (Å²) in [7, 11) is 0. The van der Waals surface area contributed by atoms with E-state index in [0.717, 1.165) is 22.0 Å². The molecular formula is C12H16N2O. The summed E-state index contributed by atoms with van der Waals surface area (Å²) >= 11 is 0. The number of nitrogens with one attached hydrogen (secondary N) is 1. The van der Waals surface area contributed by atoms with E-state index in [-0.39, 0.29) is 6.04 Å². The number of H-pyrrole nitrogens is 1. The standard InChI is InChI=1S/C12H16N2O/c1-7-6-14-10-4-3-9(5-8(2)13)12(15)11(7)10/h3-4,6,8,14-15H,5,13H2,1-2H3. The van der Waals surface area contributed by atoms with Crippen molar-refractivity contribution in [1.82, 2.24) is 4.98 Å². The van der Waals surface area contributed by atoms with E-state index in [1.165, 1.54) is 0 Å². The van der Waals surface area contributed by atoms with Crippen molar-refractivity contribution in [3.63, 3.8) is 0 Å². The highest BCUT2D eigenvalue weighted by molar-refractivity contribution is 5.90. The van der Waals surface area contributed by atoms with Crippen molar-refractivity contribution in [1.29, 1.82) is 0 Å². The van der Waals surface area contributed by atoms with Gasteiger partial charge in [-0.05, 0) is 37.5 Å². The van der Waals surface area contributed by atoms with Crippen LogP contribution in [0.25, 0.3) is 10.9 Å². The second-order valence-corrected chi connectivity index (χ2v) is 4.15. The zero-order valence-corrected chi connectivity index (χ0v) is 9.04. The van der Waals surface area contributed by atoms with Crippen molar-refractivity contribution < 1.29 is 5.11 Å². The van der Waals surface area contributed by atoms with Crippen LogP contribution < -0.4 is 5.73 Å². The molecule has 1 heterocycles. The Labute approximate surface area is 88.9 Å². The number of aromatic hydroxyl groups is 1. The van der Waals surface area contributed by atoms with Gasteiger partial charge in [-0.3, -0.25) is 0 Å². The number of rotatable bonds is 2. The molecule has 0 radical (unpaired) electrons. The van der Waals surface area contributed by atoms with Gasteiger partial charge in [0.2, 0.25) is 0 Å². The van der Waals surface area contributed by atoms with Crippen LogP contribution in [-0.4, -0.2) is 16.1 Å². The van der Waals surface area contributed by atoms with Gasteiger partial charge >= 0.3 is 0 Å². The van der Waals surface area contributed by atoms with E-state index in [0.29, 0.717) is 12.2 Å². The molecule has 1 unspecified atom stereocenters. The van der Waals surface area contributed by atoms with Crippen LogP contribution in [0.3, 0.4) is 0 Å². The van der Waals surface area contributed by atoms with E-state index in [4.69, 9.17) is 5.73 Å². The summed E-state index contributed by atoms with van der Waals surface area (Å²) in [5, 5.41) is 11.0. The smallest absolute Gasteiger partial charge is 0.128 e. The molecule has 4 N–H and O–H groups in total. The molecule has 0 aliphatic heterocycles. The van der Waals surface area contributed by atoms with Crippen LogP contribution in [0.15, 0.2) is 18.3 Å². The Bertz CT molecular complexity index is 486. The average Bonchev–Trinajstić information content (AvgIpc) is 2.53. The molecule has 1 aromatic carbocycles. The number of hydrogen-bond donors (Lipinski definition) is 3. The fourth-order valence-electron chi connectivity index (χ4n) is 1.92. The summed E-state index contributed by atoms with van der Waals surface area (Å²) in [5.74, 6) is 0.364. The minimum Gasteiger partial charge on any atom is -0.507 e. The molecule has 0 spiro atoms. The van der Waals surface area contributed by atoms with Crippen LogP contribution >= 0.6 is 0 Å². The number of nitrogens with two attached hydrogens (primary N) is 1. The number of hydrogen-bond acceptors (Lipinski definition) is 2. The predicted molar refractivity (Wildman–Crippen MR) is 62.1 cm³/mol. The van der Waals surface area contributed by atoms with Crippen LogP contribution in [0.4, 0.5) is 0 Å². The second-order valence-electron chi connectivity index (χ2n) is 4.15. The van der Waals surface area contributed by atoms with Crippen LogP contribution in [0.2, 0.25) is 0 Å². The Kier molecular flexibility index (Phi) is 2.40. The summed E-state index contributed by atoms with van der Waals surface area (Å²) in [5.41, 5.74) is 8.68. The van der Waals surface area contributed by atoms with Crippen molar-refractivity contribution in [2.45, 2.75) is 26.3 Å². The van der Waals surface area contributed by atoms with Crippen molar-refractivity contribution >= 4 is 10.9 Å². The van der Waals surface area contributed by atoms with Gasteiger partial charge in [-0.2, -0.15) is 0 Å². The van der Waals surface area contributed by atoms with Gasteiger partial charge in [-0.15, -0.1) is 0 Å². The summed E-state index contributed by atoms with van der Waals surface area (Å²) in [4.78, 5) is 3.12. The molecule has 0 aliphatic rings. The largest absolute Gasteiger partial charge is 0.507 e. The lowest BCUT2D eigenvalue weighted by molar-refractivity contribution is 0.472. The maximum absolute atomic E-state index is 10.1. The molecule has 1 aromatic heterocycles. The van der Waals surface area contributed by atoms with Gasteiger partial charge in [0.15, 0.2) is 0 Å². The molecule has 15 heavy (non-hydrogen) atoms. The molecule has 0 saturated heterocycles. The number of phenols is 1. The number of phenolic OH excluding ortho intramolecular Hbond substituents is 1. The number of aromatic nitrogens is 1. The van der Waals surface area contributed by atoms with Crippen LogP contribution in [0.5, 0.6) is 5.75 Å². The van der Waals surface area contributed by atoms with E-state index < -0.39 is 0 Å². The lowest BCUT2D eigenvalue weighted by Crippen LogP contribution is -2.17. The van der Waals surface area contributed by atoms with Crippen molar-refractivity contribution in [2.75, 3.05) is 0 Å². The highest BCUT2D eigenvalue weighted by Gasteiger charge is 2.10. The lowest BCUT2D eigenvalue weighted by Gasteiger charge is -2.08. The molecule has 3 heteroatoms. The van der Waals surface area contributed by atoms with E-state index in [9.17, 15) is 5.11 Å². The first-order valence-electron chi connectivity index (χ1n) is 5.13. The third-order valence-corrected chi connectivity index (χ3v) is 2.64. The Morgan fingerprint density at radius 3 is 2.87 bits per heavy atom. The highest BCUT2D eigenvalue weighted by Crippen LogP contribution is 2.31. The average molecular weight is 204 g/mol. The quantitative estimate of drug-likeness (QED) is 0.701. The molecule has 1 atom stereocenters. The van der Waals surface area contributed by atoms with Crippen molar-refractivity contribution in [3.05, 3.63) is 29.5 Å². The molecule has 80 valence electrons. The lowest BCUT2D eigenvalue weighted by atomic mass is 10.0. The fourth-order valence-corrected chi connectivity index (χ4v) is 1.92. The number of aromatic amines is 1. The molecule has 2 rings (SSSR count). The minimum atomic E-state index is 0.0626. The molecule has 0 saturated carbocycles. The summed E-state index contributed by atoms with van der Waals surface area (Å²) < 4.78 is 0. The Balaban J connectivity index is 2.58. The molecule has 0 fully saturated rings. The SMILES string of the molecule is Cc1c[nH]c2ccc(CC(C)N)c(O)c12. The van der Waals surface area contributed by atoms with Gasteiger partial charge in [0.1, 0.15) is 5.75 Å². The highest BCUT2D eigenvalue weighted by atomic mass is 16.3. The van der Waals surface area contributed by atoms with Crippen LogP contribution in [-0.2, 0) is 6.42 Å². The van der Waals surface area contributed by atoms with Gasteiger partial charge in [0.05, 0.1) is 0 Å². The van der Waals surface area contributed by atoms with Gasteiger partial charge < -0.3 is 15.8 Å². The zero-order valence-electron chi connectivity index (χ0n) is 9.04. The van der Waals surface area contributed by atoms with Gasteiger partial charge in [0, 0.05) is 23.1 Å². The maximum Gasteiger partial charge on any atom is 0.128 e. The normalized spacial score (nSPS) is 13.3. The third-order valence-electron chi connectivity index (χ3n) is 2.64. The summed E-state index contributed by atoms with van der Waals surface area (Å²) in [6, 6.07) is 3.98. The third kappa shape index (κ3) is 1.70. The number of aryl methyl sites for hydroxylation is 1. The van der Waals surface area contributed by atoms with Crippen molar-refractivity contribution in [3.8, 4) is 5.75 Å². The molecule has 0 aliphatic carbocycles. The number of fused-ring (bicyclic) bond motifs is 1. The van der Waals surface area contributed by atoms with Gasteiger partial charge in [-0.25, -0.2) is 0 Å². The molecule has 2 aromatic rings. The predicted octanol–water partition coefficient (Wildman–Crippen LogP) is 2.07. The Morgan fingerprint density at radius 2 is 2.20 bits per heavy atom. The molecule has 3 nitrogen and oxygen atoms in total. The van der Waals surface area contributed by atoms with E-state index in [2.05, 4.69) is 4.98 Å². The van der Waals surface area contributed by atoms with E-state index in [1.54, 1.807) is 0 Å². The van der Waals surface area contributed by atoms with Crippen LogP contribution in [0, 0.1) is 6.92 Å². The number of benzene rings is 1. The van der Waals surface area contributed by atoms with E-state index >= 15 is 0 Å². The topological polar surface area (TPSA) is 62.0 Å². The van der Waals surface area contributed by atoms with Gasteiger partial charge in [0.25, 0.3) is 0 Å². The van der Waals surface area contributed by atoms with Crippen LogP contribution in [0.1, 0.15) is 18.1 Å². The summed E-state index contributed by atoms with van der Waals surface area (Å²) in [6.45, 7) is 3.92. The van der Waals surface area contributed by atoms with Crippen molar-refractivity contribution in [2.24, 2.45) is 5.73 Å².